The molecule has 4 nitrogen and oxygen atoms in total. The number of thiophene rings is 2. The van der Waals surface area contributed by atoms with Crippen LogP contribution in [0, 0.1) is 22.7 Å². The van der Waals surface area contributed by atoms with E-state index in [1.807, 2.05) is 12.1 Å². The standard InChI is InChI=1S/C80H46N4S2/c81-47-65-71(55-33-21-31-53(43-55)49-23-5-1-6-24-49)66(48-82)76(84-68-40-18-14-36-58(68)64-46-62(52-29-11-4-12-30-52)74-60-38-16-20-42-70(60)86-80(74)78(64)84)72(56-34-22-32-54(44-56)50-25-7-2-8-26-50)75(65)83-67-39-17-13-35-57(67)63-45-61(51-27-9-3-10-28-51)73-59-37-15-19-41-69(59)85-79(73)77(63)83/h1-46H. The van der Waals surface area contributed by atoms with E-state index in [1.165, 1.54) is 20.2 Å². The van der Waals surface area contributed by atoms with E-state index < -0.39 is 0 Å². The summed E-state index contributed by atoms with van der Waals surface area (Å²) in [7, 11) is 0. The molecule has 0 unspecified atom stereocenters. The SMILES string of the molecule is N#Cc1c(-c2cccc(-c3ccccc3)c2)c(C#N)c(-n2c3ccccc3c3cc(-c4ccccc4)c4c5ccccc5sc4c32)c(-c2cccc(-c3ccccc3)c2)c1-n1c2ccccc2c2cc(-c3ccccc3)c3c4ccccc4sc3c21. The molecule has 13 aromatic carbocycles. The van der Waals surface area contributed by atoms with Crippen molar-refractivity contribution in [1.29, 1.82) is 10.5 Å². The van der Waals surface area contributed by atoms with Gasteiger partial charge >= 0.3 is 0 Å². The highest BCUT2D eigenvalue weighted by Crippen LogP contribution is 2.55. The Hall–Kier alpha value is -11.1. The average Bonchev–Trinajstić information content (AvgIpc) is 1.50. The summed E-state index contributed by atoms with van der Waals surface area (Å²) in [5.41, 5.74) is 17.7. The third-order valence-electron chi connectivity index (χ3n) is 17.4. The van der Waals surface area contributed by atoms with Crippen LogP contribution in [0.25, 0.3) is 162 Å². The highest BCUT2D eigenvalue weighted by Gasteiger charge is 2.34. The van der Waals surface area contributed by atoms with E-state index in [2.05, 4.69) is 288 Å². The number of rotatable bonds is 8. The minimum absolute atomic E-state index is 0.402. The largest absolute Gasteiger partial charge is 0.306 e. The first-order chi connectivity index (χ1) is 42.6. The molecule has 17 aromatic rings. The maximum Gasteiger partial charge on any atom is 0.102 e. The molecule has 0 saturated heterocycles. The molecule has 0 aliphatic rings. The monoisotopic (exact) mass is 1130 g/mol. The highest BCUT2D eigenvalue weighted by molar-refractivity contribution is 7.27. The molecule has 86 heavy (non-hydrogen) atoms. The number of nitriles is 2. The Morgan fingerprint density at radius 3 is 1.03 bits per heavy atom. The lowest BCUT2D eigenvalue weighted by Crippen LogP contribution is -2.11. The van der Waals surface area contributed by atoms with Gasteiger partial charge in [-0.1, -0.05) is 231 Å². The van der Waals surface area contributed by atoms with Crippen molar-refractivity contribution in [3.63, 3.8) is 0 Å². The summed E-state index contributed by atoms with van der Waals surface area (Å²) < 4.78 is 9.39. The zero-order valence-corrected chi connectivity index (χ0v) is 47.8. The first-order valence-corrected chi connectivity index (χ1v) is 30.5. The van der Waals surface area contributed by atoms with E-state index in [0.717, 1.165) is 125 Å². The number of nitrogens with zero attached hydrogens (tertiary/aromatic N) is 4. The van der Waals surface area contributed by atoms with Crippen molar-refractivity contribution in [3.8, 4) is 90.3 Å². The molecule has 0 spiro atoms. The zero-order chi connectivity index (χ0) is 57.0. The topological polar surface area (TPSA) is 57.4 Å². The summed E-state index contributed by atoms with van der Waals surface area (Å²) in [5, 5.41) is 34.3. The van der Waals surface area contributed by atoms with Crippen molar-refractivity contribution in [3.05, 3.63) is 290 Å². The van der Waals surface area contributed by atoms with Crippen molar-refractivity contribution in [2.24, 2.45) is 0 Å². The van der Waals surface area contributed by atoms with E-state index in [9.17, 15) is 10.5 Å². The minimum atomic E-state index is 0.402. The second-order valence-electron chi connectivity index (χ2n) is 22.0. The number of hydrogen-bond acceptors (Lipinski definition) is 4. The van der Waals surface area contributed by atoms with Gasteiger partial charge in [-0.2, -0.15) is 10.5 Å². The van der Waals surface area contributed by atoms with Gasteiger partial charge in [0.05, 0.1) is 54.0 Å². The third-order valence-corrected chi connectivity index (χ3v) is 19.7. The van der Waals surface area contributed by atoms with Gasteiger partial charge in [0.1, 0.15) is 12.1 Å². The van der Waals surface area contributed by atoms with Gasteiger partial charge in [0.25, 0.3) is 0 Å². The summed E-state index contributed by atoms with van der Waals surface area (Å²) in [6.45, 7) is 0. The van der Waals surface area contributed by atoms with E-state index in [4.69, 9.17) is 0 Å². The van der Waals surface area contributed by atoms with Crippen LogP contribution in [0.2, 0.25) is 0 Å². The Kier molecular flexibility index (Phi) is 11.4. The van der Waals surface area contributed by atoms with Crippen LogP contribution in [0.4, 0.5) is 0 Å². The molecule has 0 aliphatic heterocycles. The van der Waals surface area contributed by atoms with E-state index >= 15 is 0 Å². The summed E-state index contributed by atoms with van der Waals surface area (Å²) in [4.78, 5) is 0. The molecule has 0 atom stereocenters. The van der Waals surface area contributed by atoms with Crippen LogP contribution >= 0.6 is 22.7 Å². The fourth-order valence-corrected chi connectivity index (χ4v) is 16.3. The lowest BCUT2D eigenvalue weighted by Gasteiger charge is -2.26. The Labute approximate surface area is 503 Å². The highest BCUT2D eigenvalue weighted by atomic mass is 32.1. The van der Waals surface area contributed by atoms with Crippen LogP contribution in [-0.2, 0) is 0 Å². The van der Waals surface area contributed by atoms with Crippen molar-refractivity contribution >= 4 is 107 Å². The van der Waals surface area contributed by atoms with Crippen LogP contribution in [0.15, 0.2) is 279 Å². The lowest BCUT2D eigenvalue weighted by atomic mass is 9.85. The van der Waals surface area contributed by atoms with E-state index in [-0.39, 0.29) is 0 Å². The van der Waals surface area contributed by atoms with Gasteiger partial charge in [0, 0.05) is 63.6 Å². The van der Waals surface area contributed by atoms with Crippen molar-refractivity contribution < 1.29 is 0 Å². The number of para-hydroxylation sites is 2. The van der Waals surface area contributed by atoms with E-state index in [0.29, 0.717) is 28.1 Å². The van der Waals surface area contributed by atoms with Gasteiger partial charge in [0.2, 0.25) is 0 Å². The summed E-state index contributed by atoms with van der Waals surface area (Å²) in [6, 6.07) is 105. The van der Waals surface area contributed by atoms with Gasteiger partial charge in [0.15, 0.2) is 0 Å². The molecule has 0 radical (unpaired) electrons. The third kappa shape index (κ3) is 7.45. The molecular weight excluding hydrogens is 1080 g/mol. The molecule has 0 fully saturated rings. The number of fused-ring (bicyclic) bond motifs is 14. The van der Waals surface area contributed by atoms with Crippen molar-refractivity contribution in [2.75, 3.05) is 0 Å². The predicted molar refractivity (Wildman–Crippen MR) is 363 cm³/mol. The summed E-state index contributed by atoms with van der Waals surface area (Å²) >= 11 is 3.59. The fourth-order valence-electron chi connectivity index (χ4n) is 13.7. The molecule has 6 heteroatoms. The lowest BCUT2D eigenvalue weighted by molar-refractivity contribution is 1.13. The van der Waals surface area contributed by atoms with E-state index in [1.54, 1.807) is 22.7 Å². The second kappa shape index (κ2) is 19.8. The Morgan fingerprint density at radius 1 is 0.279 bits per heavy atom. The minimum Gasteiger partial charge on any atom is -0.306 e. The molecule has 4 heterocycles. The number of aromatic nitrogens is 2. The van der Waals surface area contributed by atoms with Crippen LogP contribution in [0.5, 0.6) is 0 Å². The molecule has 398 valence electrons. The van der Waals surface area contributed by atoms with Gasteiger partial charge in [-0.3, -0.25) is 0 Å². The van der Waals surface area contributed by atoms with Gasteiger partial charge in [-0.05, 0) is 104 Å². The molecule has 4 aromatic heterocycles. The smallest absolute Gasteiger partial charge is 0.102 e. The molecule has 0 bridgehead atoms. The van der Waals surface area contributed by atoms with Crippen molar-refractivity contribution in [2.45, 2.75) is 0 Å². The van der Waals surface area contributed by atoms with Gasteiger partial charge in [-0.15, -0.1) is 22.7 Å². The van der Waals surface area contributed by atoms with Crippen LogP contribution in [0.1, 0.15) is 11.1 Å². The number of hydrogen-bond donors (Lipinski definition) is 0. The summed E-state index contributed by atoms with van der Waals surface area (Å²) in [5.74, 6) is 0. The molecule has 0 amide bonds. The predicted octanol–water partition coefficient (Wildman–Crippen LogP) is 22.4. The Balaban J connectivity index is 1.15. The average molecular weight is 1130 g/mol. The number of benzene rings is 13. The maximum absolute atomic E-state index is 12.7. The molecule has 0 N–H and O–H groups in total. The van der Waals surface area contributed by atoms with Gasteiger partial charge in [-0.25, -0.2) is 0 Å². The Morgan fingerprint density at radius 2 is 0.616 bits per heavy atom. The zero-order valence-electron chi connectivity index (χ0n) is 46.2. The van der Waals surface area contributed by atoms with Crippen LogP contribution in [0.3, 0.4) is 0 Å². The second-order valence-corrected chi connectivity index (χ2v) is 24.1. The van der Waals surface area contributed by atoms with Crippen molar-refractivity contribution in [1.82, 2.24) is 9.13 Å². The normalized spacial score (nSPS) is 11.7. The quantitative estimate of drug-likeness (QED) is 0.152. The fraction of sp³-hybridized carbons (Fsp3) is 0. The Bertz CT molecular complexity index is 5450. The molecule has 0 aliphatic carbocycles. The summed E-state index contributed by atoms with van der Waals surface area (Å²) in [6.07, 6.45) is 0. The molecule has 17 rings (SSSR count). The van der Waals surface area contributed by atoms with Crippen LogP contribution < -0.4 is 0 Å². The van der Waals surface area contributed by atoms with Crippen LogP contribution in [-0.4, -0.2) is 9.13 Å². The first-order valence-electron chi connectivity index (χ1n) is 28.9. The molecular formula is C80H46N4S2. The maximum atomic E-state index is 12.7. The first kappa shape index (κ1) is 49.5. The van der Waals surface area contributed by atoms with Gasteiger partial charge < -0.3 is 9.13 Å². The molecule has 0 saturated carbocycles.